The Labute approximate surface area is 162 Å². The molecule has 1 aliphatic carbocycles. The van der Waals surface area contributed by atoms with Crippen molar-refractivity contribution in [2.75, 3.05) is 0 Å². The molecule has 1 N–H and O–H groups in total. The van der Waals surface area contributed by atoms with Crippen molar-refractivity contribution in [1.82, 2.24) is 0 Å². The van der Waals surface area contributed by atoms with E-state index in [1.165, 1.54) is 19.3 Å². The third-order valence-corrected chi connectivity index (χ3v) is 6.95. The molecule has 4 heteroatoms. The molecule has 0 spiro atoms. The van der Waals surface area contributed by atoms with Crippen LogP contribution in [0.4, 0.5) is 8.78 Å². The molecule has 5 unspecified atom stereocenters. The predicted molar refractivity (Wildman–Crippen MR) is 105 cm³/mol. The van der Waals surface area contributed by atoms with E-state index in [2.05, 4.69) is 27.7 Å². The SMILES string of the molecule is CCCCCC(C)C(C)c1cc(O)c2c(c1)OC(F)(F)C1CCC(C)CC21. The lowest BCUT2D eigenvalue weighted by atomic mass is 9.69. The van der Waals surface area contributed by atoms with E-state index in [0.717, 1.165) is 18.4 Å². The Morgan fingerprint density at radius 2 is 1.96 bits per heavy atom. The number of phenolic OH excluding ortho intramolecular Hbond substituents is 1. The Bertz CT molecular complexity index is 658. The molecular formula is C23H34F2O2. The second kappa shape index (κ2) is 7.97. The van der Waals surface area contributed by atoms with Crippen LogP contribution in [0.1, 0.15) is 95.6 Å². The number of rotatable bonds is 6. The standard InChI is InChI=1S/C23H34F2O2/c1-5-6-7-8-15(3)16(4)17-12-20(26)22-18-11-14(2)9-10-19(18)23(24,25)27-21(22)13-17/h12-16,18-19,26H,5-11H2,1-4H3. The van der Waals surface area contributed by atoms with E-state index in [1.807, 2.05) is 0 Å². The monoisotopic (exact) mass is 380 g/mol. The van der Waals surface area contributed by atoms with E-state index in [9.17, 15) is 13.9 Å². The number of benzene rings is 1. The Kier molecular flexibility index (Phi) is 6.02. The molecule has 1 saturated carbocycles. The van der Waals surface area contributed by atoms with Crippen molar-refractivity contribution in [3.8, 4) is 11.5 Å². The zero-order valence-corrected chi connectivity index (χ0v) is 17.1. The fourth-order valence-corrected chi connectivity index (χ4v) is 4.97. The average Bonchev–Trinajstić information content (AvgIpc) is 2.59. The number of halogens is 2. The lowest BCUT2D eigenvalue weighted by molar-refractivity contribution is -0.237. The summed E-state index contributed by atoms with van der Waals surface area (Å²) in [5.74, 6) is 0.193. The van der Waals surface area contributed by atoms with Gasteiger partial charge in [0.25, 0.3) is 0 Å². The molecule has 0 bridgehead atoms. The highest BCUT2D eigenvalue weighted by atomic mass is 19.3. The number of phenols is 1. The lowest BCUT2D eigenvalue weighted by Crippen LogP contribution is -2.44. The first-order valence-corrected chi connectivity index (χ1v) is 10.7. The Balaban J connectivity index is 1.89. The van der Waals surface area contributed by atoms with Crippen LogP contribution in [0.25, 0.3) is 0 Å². The third kappa shape index (κ3) is 4.09. The number of fused-ring (bicyclic) bond motifs is 3. The minimum absolute atomic E-state index is 0.134. The first kappa shape index (κ1) is 20.4. The molecule has 3 rings (SSSR count). The highest BCUT2D eigenvalue weighted by molar-refractivity contribution is 5.52. The number of ether oxygens (including phenoxy) is 1. The number of hydrogen-bond acceptors (Lipinski definition) is 2. The second-order valence-electron chi connectivity index (χ2n) is 9.01. The zero-order chi connectivity index (χ0) is 19.8. The highest BCUT2D eigenvalue weighted by Crippen LogP contribution is 2.56. The third-order valence-electron chi connectivity index (χ3n) is 6.95. The molecule has 1 fully saturated rings. The molecule has 2 aliphatic rings. The normalized spacial score (nSPS) is 28.6. The van der Waals surface area contributed by atoms with Crippen LogP contribution in [-0.4, -0.2) is 11.2 Å². The maximum absolute atomic E-state index is 14.7. The largest absolute Gasteiger partial charge is 0.508 e. The molecule has 1 aromatic rings. The van der Waals surface area contributed by atoms with E-state index in [1.54, 1.807) is 12.1 Å². The predicted octanol–water partition coefficient (Wildman–Crippen LogP) is 7.22. The van der Waals surface area contributed by atoms with Crippen LogP contribution in [0.2, 0.25) is 0 Å². The summed E-state index contributed by atoms with van der Waals surface area (Å²) in [6.45, 7) is 8.61. The molecule has 27 heavy (non-hydrogen) atoms. The van der Waals surface area contributed by atoms with Gasteiger partial charge in [0.05, 0.1) is 5.92 Å². The first-order valence-electron chi connectivity index (χ1n) is 10.7. The minimum atomic E-state index is -3.15. The lowest BCUT2D eigenvalue weighted by Gasteiger charge is -2.43. The maximum Gasteiger partial charge on any atom is 0.401 e. The van der Waals surface area contributed by atoms with Gasteiger partial charge in [0, 0.05) is 11.5 Å². The Morgan fingerprint density at radius 1 is 1.22 bits per heavy atom. The quantitative estimate of drug-likeness (QED) is 0.528. The summed E-state index contributed by atoms with van der Waals surface area (Å²) < 4.78 is 34.5. The van der Waals surface area contributed by atoms with Crippen molar-refractivity contribution in [1.29, 1.82) is 0 Å². The molecule has 152 valence electrons. The number of unbranched alkanes of at least 4 members (excludes halogenated alkanes) is 2. The number of aromatic hydroxyl groups is 1. The van der Waals surface area contributed by atoms with Gasteiger partial charge in [-0.1, -0.05) is 59.8 Å². The summed E-state index contributed by atoms with van der Waals surface area (Å²) in [6.07, 6.45) is 3.45. The maximum atomic E-state index is 14.7. The fraction of sp³-hybridized carbons (Fsp3) is 0.739. The van der Waals surface area contributed by atoms with Gasteiger partial charge in [0.2, 0.25) is 0 Å². The van der Waals surface area contributed by atoms with E-state index >= 15 is 0 Å². The molecule has 1 aliphatic heterocycles. The molecule has 1 heterocycles. The molecule has 0 saturated heterocycles. The van der Waals surface area contributed by atoms with E-state index in [4.69, 9.17) is 4.74 Å². The topological polar surface area (TPSA) is 29.5 Å². The van der Waals surface area contributed by atoms with Crippen molar-refractivity contribution < 1.29 is 18.6 Å². The van der Waals surface area contributed by atoms with Crippen LogP contribution in [-0.2, 0) is 0 Å². The van der Waals surface area contributed by atoms with E-state index in [-0.39, 0.29) is 23.3 Å². The second-order valence-corrected chi connectivity index (χ2v) is 9.01. The summed E-state index contributed by atoms with van der Waals surface area (Å²) in [6, 6.07) is 3.56. The molecular weight excluding hydrogens is 346 g/mol. The zero-order valence-electron chi connectivity index (χ0n) is 17.1. The van der Waals surface area contributed by atoms with Crippen molar-refractivity contribution in [2.45, 2.75) is 90.6 Å². The number of alkyl halides is 2. The smallest absolute Gasteiger partial charge is 0.401 e. The minimum Gasteiger partial charge on any atom is -0.508 e. The van der Waals surface area contributed by atoms with Gasteiger partial charge in [-0.05, 0) is 48.3 Å². The van der Waals surface area contributed by atoms with Gasteiger partial charge in [0.1, 0.15) is 11.5 Å². The molecule has 2 nitrogen and oxygen atoms in total. The molecule has 0 radical (unpaired) electrons. The number of hydrogen-bond donors (Lipinski definition) is 1. The van der Waals surface area contributed by atoms with Crippen molar-refractivity contribution in [2.24, 2.45) is 17.8 Å². The summed E-state index contributed by atoms with van der Waals surface area (Å²) in [5, 5.41) is 10.8. The summed E-state index contributed by atoms with van der Waals surface area (Å²) in [4.78, 5) is 0. The van der Waals surface area contributed by atoms with Crippen LogP contribution >= 0.6 is 0 Å². The van der Waals surface area contributed by atoms with Gasteiger partial charge in [-0.2, -0.15) is 8.78 Å². The van der Waals surface area contributed by atoms with Crippen LogP contribution in [0.15, 0.2) is 12.1 Å². The van der Waals surface area contributed by atoms with Gasteiger partial charge < -0.3 is 9.84 Å². The van der Waals surface area contributed by atoms with Gasteiger partial charge in [-0.25, -0.2) is 0 Å². The Hall–Kier alpha value is -1.32. The van der Waals surface area contributed by atoms with Gasteiger partial charge in [-0.15, -0.1) is 0 Å². The molecule has 0 aromatic heterocycles. The first-order chi connectivity index (χ1) is 12.7. The molecule has 1 aromatic carbocycles. The summed E-state index contributed by atoms with van der Waals surface area (Å²) >= 11 is 0. The fourth-order valence-electron chi connectivity index (χ4n) is 4.97. The van der Waals surface area contributed by atoms with Gasteiger partial charge in [-0.3, -0.25) is 0 Å². The van der Waals surface area contributed by atoms with E-state index < -0.39 is 12.0 Å². The van der Waals surface area contributed by atoms with Crippen LogP contribution in [0.3, 0.4) is 0 Å². The molecule has 0 amide bonds. The summed E-state index contributed by atoms with van der Waals surface area (Å²) in [5.41, 5.74) is 1.50. The van der Waals surface area contributed by atoms with Crippen molar-refractivity contribution in [3.63, 3.8) is 0 Å². The van der Waals surface area contributed by atoms with Crippen molar-refractivity contribution >= 4 is 0 Å². The van der Waals surface area contributed by atoms with Crippen LogP contribution < -0.4 is 4.74 Å². The van der Waals surface area contributed by atoms with Crippen LogP contribution in [0.5, 0.6) is 11.5 Å². The molecule has 5 atom stereocenters. The average molecular weight is 381 g/mol. The van der Waals surface area contributed by atoms with Gasteiger partial charge >= 0.3 is 6.11 Å². The van der Waals surface area contributed by atoms with E-state index in [0.29, 0.717) is 30.2 Å². The van der Waals surface area contributed by atoms with Crippen molar-refractivity contribution in [3.05, 3.63) is 23.3 Å². The highest BCUT2D eigenvalue weighted by Gasteiger charge is 2.54. The van der Waals surface area contributed by atoms with Crippen LogP contribution in [0, 0.1) is 17.8 Å². The summed E-state index contributed by atoms with van der Waals surface area (Å²) in [7, 11) is 0. The Morgan fingerprint density at radius 3 is 2.67 bits per heavy atom. The van der Waals surface area contributed by atoms with Gasteiger partial charge in [0.15, 0.2) is 0 Å².